The smallest absolute Gasteiger partial charge is 0.165 e. The molecule has 0 bridgehead atoms. The van der Waals surface area contributed by atoms with Gasteiger partial charge in [-0.05, 0) is 38.0 Å². The molecule has 0 amide bonds. The molecule has 1 atom stereocenters. The van der Waals surface area contributed by atoms with Crippen molar-refractivity contribution >= 4 is 23.1 Å². The molecule has 4 nitrogen and oxygen atoms in total. The van der Waals surface area contributed by atoms with Gasteiger partial charge in [0.2, 0.25) is 0 Å². The second-order valence-electron chi connectivity index (χ2n) is 5.54. The summed E-state index contributed by atoms with van der Waals surface area (Å²) in [5, 5.41) is 8.72. The zero-order valence-electron chi connectivity index (χ0n) is 13.0. The molecule has 1 aromatic carbocycles. The molecule has 3 rings (SSSR count). The van der Waals surface area contributed by atoms with Gasteiger partial charge in [-0.3, -0.25) is 0 Å². The highest BCUT2D eigenvalue weighted by Gasteiger charge is 2.13. The van der Waals surface area contributed by atoms with E-state index in [4.69, 9.17) is 11.6 Å². The van der Waals surface area contributed by atoms with Crippen LogP contribution in [-0.4, -0.2) is 20.6 Å². The lowest BCUT2D eigenvalue weighted by molar-refractivity contribution is 0.748. The van der Waals surface area contributed by atoms with Gasteiger partial charge in [0, 0.05) is 28.4 Å². The first-order valence-corrected chi connectivity index (χ1v) is 7.84. The number of anilines is 1. The van der Waals surface area contributed by atoms with Crippen LogP contribution in [0, 0.1) is 6.92 Å². The first-order valence-electron chi connectivity index (χ1n) is 7.46. The standard InChI is InChI=1S/C17H19ClN4/c1-4-11(2)20-16-9-12(3)21-17-15(10-19-22(16)17)13-5-7-14(18)8-6-13/h5-11,20H,4H2,1-3H3/t11-/m1/s1. The summed E-state index contributed by atoms with van der Waals surface area (Å²) in [5.41, 5.74) is 3.89. The molecule has 0 saturated heterocycles. The third-order valence-electron chi connectivity index (χ3n) is 3.76. The van der Waals surface area contributed by atoms with Gasteiger partial charge in [-0.25, -0.2) is 4.98 Å². The lowest BCUT2D eigenvalue weighted by atomic mass is 10.1. The van der Waals surface area contributed by atoms with Crippen LogP contribution in [0.15, 0.2) is 36.5 Å². The average molecular weight is 315 g/mol. The monoisotopic (exact) mass is 314 g/mol. The minimum atomic E-state index is 0.383. The van der Waals surface area contributed by atoms with Crippen molar-refractivity contribution in [2.24, 2.45) is 0 Å². The summed E-state index contributed by atoms with van der Waals surface area (Å²) in [6.07, 6.45) is 2.90. The molecule has 22 heavy (non-hydrogen) atoms. The Morgan fingerprint density at radius 2 is 2.00 bits per heavy atom. The van der Waals surface area contributed by atoms with Crippen molar-refractivity contribution < 1.29 is 0 Å². The molecule has 5 heteroatoms. The van der Waals surface area contributed by atoms with E-state index in [0.717, 1.165) is 39.7 Å². The zero-order valence-corrected chi connectivity index (χ0v) is 13.7. The molecule has 0 unspecified atom stereocenters. The quantitative estimate of drug-likeness (QED) is 0.767. The van der Waals surface area contributed by atoms with E-state index >= 15 is 0 Å². The molecule has 0 aliphatic rings. The molecule has 0 spiro atoms. The van der Waals surface area contributed by atoms with Crippen molar-refractivity contribution in [2.75, 3.05) is 5.32 Å². The molecule has 0 aliphatic carbocycles. The number of hydrogen-bond acceptors (Lipinski definition) is 3. The van der Waals surface area contributed by atoms with E-state index in [2.05, 4.69) is 29.2 Å². The molecule has 2 aromatic heterocycles. The SMILES string of the molecule is CC[C@@H](C)Nc1cc(C)nc2c(-c3ccc(Cl)cc3)cnn12. The third kappa shape index (κ3) is 2.79. The largest absolute Gasteiger partial charge is 0.367 e. The van der Waals surface area contributed by atoms with Crippen LogP contribution in [-0.2, 0) is 0 Å². The van der Waals surface area contributed by atoms with E-state index in [1.165, 1.54) is 0 Å². The minimum absolute atomic E-state index is 0.383. The normalized spacial score (nSPS) is 12.5. The van der Waals surface area contributed by atoms with Gasteiger partial charge in [-0.1, -0.05) is 30.7 Å². The Bertz CT molecular complexity index is 792. The van der Waals surface area contributed by atoms with E-state index in [1.54, 1.807) is 0 Å². The number of fused-ring (bicyclic) bond motifs is 1. The summed E-state index contributed by atoms with van der Waals surface area (Å²) in [7, 11) is 0. The Morgan fingerprint density at radius 3 is 2.68 bits per heavy atom. The van der Waals surface area contributed by atoms with Crippen molar-refractivity contribution in [3.8, 4) is 11.1 Å². The van der Waals surface area contributed by atoms with Crippen LogP contribution in [0.5, 0.6) is 0 Å². The van der Waals surface area contributed by atoms with Crippen LogP contribution in [0.3, 0.4) is 0 Å². The molecule has 3 aromatic rings. The van der Waals surface area contributed by atoms with Crippen LogP contribution in [0.25, 0.3) is 16.8 Å². The summed E-state index contributed by atoms with van der Waals surface area (Å²) in [6, 6.07) is 10.2. The van der Waals surface area contributed by atoms with Crippen LogP contribution in [0.2, 0.25) is 5.02 Å². The number of rotatable bonds is 4. The van der Waals surface area contributed by atoms with Crippen molar-refractivity contribution in [3.63, 3.8) is 0 Å². The van der Waals surface area contributed by atoms with E-state index < -0.39 is 0 Å². The fourth-order valence-electron chi connectivity index (χ4n) is 2.37. The van der Waals surface area contributed by atoms with Gasteiger partial charge < -0.3 is 5.32 Å². The number of halogens is 1. The molecule has 0 radical (unpaired) electrons. The number of nitrogens with zero attached hydrogens (tertiary/aromatic N) is 3. The Balaban J connectivity index is 2.12. The van der Waals surface area contributed by atoms with Crippen molar-refractivity contribution in [2.45, 2.75) is 33.2 Å². The van der Waals surface area contributed by atoms with Gasteiger partial charge >= 0.3 is 0 Å². The molecular formula is C17H19ClN4. The number of benzene rings is 1. The Labute approximate surface area is 135 Å². The highest BCUT2D eigenvalue weighted by atomic mass is 35.5. The fraction of sp³-hybridized carbons (Fsp3) is 0.294. The molecule has 1 N–H and O–H groups in total. The highest BCUT2D eigenvalue weighted by Crippen LogP contribution is 2.27. The van der Waals surface area contributed by atoms with Gasteiger partial charge in [0.15, 0.2) is 5.65 Å². The molecule has 0 saturated carbocycles. The third-order valence-corrected chi connectivity index (χ3v) is 4.01. The van der Waals surface area contributed by atoms with Crippen LogP contribution in [0.4, 0.5) is 5.82 Å². The molecule has 114 valence electrons. The predicted molar refractivity (Wildman–Crippen MR) is 91.5 cm³/mol. The maximum absolute atomic E-state index is 5.97. The van der Waals surface area contributed by atoms with E-state index in [-0.39, 0.29) is 0 Å². The van der Waals surface area contributed by atoms with Crippen LogP contribution >= 0.6 is 11.6 Å². The minimum Gasteiger partial charge on any atom is -0.367 e. The van der Waals surface area contributed by atoms with E-state index in [0.29, 0.717) is 6.04 Å². The van der Waals surface area contributed by atoms with Crippen molar-refractivity contribution in [3.05, 3.63) is 47.2 Å². The van der Waals surface area contributed by atoms with E-state index in [9.17, 15) is 0 Å². The maximum Gasteiger partial charge on any atom is 0.165 e. The van der Waals surface area contributed by atoms with Crippen LogP contribution in [0.1, 0.15) is 26.0 Å². The number of aryl methyl sites for hydroxylation is 1. The first kappa shape index (κ1) is 14.9. The topological polar surface area (TPSA) is 42.2 Å². The Kier molecular flexibility index (Phi) is 4.03. The zero-order chi connectivity index (χ0) is 15.7. The molecule has 0 aliphatic heterocycles. The fourth-order valence-corrected chi connectivity index (χ4v) is 2.50. The van der Waals surface area contributed by atoms with Gasteiger partial charge in [0.25, 0.3) is 0 Å². The summed E-state index contributed by atoms with van der Waals surface area (Å²) in [5.74, 6) is 0.970. The lowest BCUT2D eigenvalue weighted by Gasteiger charge is -2.14. The van der Waals surface area contributed by atoms with Crippen LogP contribution < -0.4 is 5.32 Å². The number of hydrogen-bond donors (Lipinski definition) is 1. The first-order chi connectivity index (χ1) is 10.6. The van der Waals surface area contributed by atoms with Gasteiger partial charge in [-0.15, -0.1) is 0 Å². The van der Waals surface area contributed by atoms with Crippen molar-refractivity contribution in [1.82, 2.24) is 14.6 Å². The average Bonchev–Trinajstić information content (AvgIpc) is 2.91. The predicted octanol–water partition coefficient (Wildman–Crippen LogP) is 4.57. The Morgan fingerprint density at radius 1 is 1.27 bits per heavy atom. The summed E-state index contributed by atoms with van der Waals surface area (Å²) >= 11 is 5.97. The second-order valence-corrected chi connectivity index (χ2v) is 5.97. The summed E-state index contributed by atoms with van der Waals surface area (Å²) < 4.78 is 1.86. The Hall–Kier alpha value is -2.07. The lowest BCUT2D eigenvalue weighted by Crippen LogP contribution is -2.16. The number of nitrogens with one attached hydrogen (secondary N) is 1. The van der Waals surface area contributed by atoms with E-state index in [1.807, 2.05) is 48.0 Å². The summed E-state index contributed by atoms with van der Waals surface area (Å²) in [6.45, 7) is 6.32. The number of aromatic nitrogens is 3. The van der Waals surface area contributed by atoms with Gasteiger partial charge in [0.05, 0.1) is 6.20 Å². The van der Waals surface area contributed by atoms with Crippen molar-refractivity contribution in [1.29, 1.82) is 0 Å². The maximum atomic E-state index is 5.97. The second kappa shape index (κ2) is 5.97. The van der Waals surface area contributed by atoms with Gasteiger partial charge in [0.1, 0.15) is 5.82 Å². The van der Waals surface area contributed by atoms with Gasteiger partial charge in [-0.2, -0.15) is 9.61 Å². The highest BCUT2D eigenvalue weighted by molar-refractivity contribution is 6.30. The summed E-state index contributed by atoms with van der Waals surface area (Å²) in [4.78, 5) is 4.66. The molecule has 0 fully saturated rings. The molecule has 2 heterocycles. The molecular weight excluding hydrogens is 296 g/mol.